The third-order valence-corrected chi connectivity index (χ3v) is 6.67. The highest BCUT2D eigenvalue weighted by molar-refractivity contribution is 5.95. The van der Waals surface area contributed by atoms with Gasteiger partial charge in [-0.2, -0.15) is 5.10 Å². The molecule has 0 spiro atoms. The molecule has 0 aliphatic carbocycles. The second-order valence-electron chi connectivity index (χ2n) is 10.4. The highest BCUT2D eigenvalue weighted by Crippen LogP contribution is 2.37. The van der Waals surface area contributed by atoms with E-state index in [0.717, 1.165) is 30.6 Å². The lowest BCUT2D eigenvalue weighted by Gasteiger charge is -2.29. The molecule has 1 N–H and O–H groups in total. The maximum absolute atomic E-state index is 14.5. The van der Waals surface area contributed by atoms with Gasteiger partial charge in [0.15, 0.2) is 5.65 Å². The van der Waals surface area contributed by atoms with Crippen molar-refractivity contribution in [2.45, 2.75) is 59.9 Å². The molecule has 3 aromatic rings. The van der Waals surface area contributed by atoms with E-state index in [0.29, 0.717) is 36.5 Å². The minimum atomic E-state index is -0.506. The summed E-state index contributed by atoms with van der Waals surface area (Å²) in [6.45, 7) is 11.5. The standard InChI is InChI=1S/C27H36FN7O3/c1-6-33(32-26(37)27(3,4)5)13-10-21-19(15-18(28)16-29-21)22-9-8-12-34(22)23-11-14-35-24(31-23)20(17-30-35)25(36)38-7-2/h11,14-17,22H,6-10,12-13H2,1-5H3,(H,32,37)/t22-/m0/s1. The summed E-state index contributed by atoms with van der Waals surface area (Å²) >= 11 is 0. The molecule has 10 nitrogen and oxygen atoms in total. The first kappa shape index (κ1) is 27.4. The molecule has 1 aliphatic rings. The van der Waals surface area contributed by atoms with Crippen LogP contribution in [-0.4, -0.2) is 62.7 Å². The smallest absolute Gasteiger partial charge is 0.343 e. The van der Waals surface area contributed by atoms with E-state index in [1.807, 2.05) is 38.8 Å². The van der Waals surface area contributed by atoms with Crippen LogP contribution in [-0.2, 0) is 16.0 Å². The molecule has 1 saturated heterocycles. The number of carbonyl (C=O) groups is 2. The average Bonchev–Trinajstić information content (AvgIpc) is 3.53. The number of nitrogens with one attached hydrogen (secondary N) is 1. The van der Waals surface area contributed by atoms with Gasteiger partial charge in [-0.05, 0) is 37.5 Å². The molecule has 1 fully saturated rings. The molecule has 1 aliphatic heterocycles. The number of fused-ring (bicyclic) bond motifs is 1. The Balaban J connectivity index is 1.59. The fourth-order valence-electron chi connectivity index (χ4n) is 4.56. The molecule has 1 amide bonds. The summed E-state index contributed by atoms with van der Waals surface area (Å²) in [6.07, 6.45) is 6.72. The van der Waals surface area contributed by atoms with Crippen LogP contribution in [0.1, 0.15) is 75.1 Å². The molecular weight excluding hydrogens is 489 g/mol. The third-order valence-electron chi connectivity index (χ3n) is 6.67. The summed E-state index contributed by atoms with van der Waals surface area (Å²) in [4.78, 5) is 36.2. The Bertz CT molecular complexity index is 1300. The van der Waals surface area contributed by atoms with Gasteiger partial charge < -0.3 is 9.64 Å². The van der Waals surface area contributed by atoms with Crippen LogP contribution in [0, 0.1) is 11.2 Å². The zero-order valence-electron chi connectivity index (χ0n) is 22.7. The van der Waals surface area contributed by atoms with Crippen LogP contribution in [0.15, 0.2) is 30.7 Å². The van der Waals surface area contributed by atoms with E-state index in [4.69, 9.17) is 9.72 Å². The number of hydrazine groups is 1. The number of rotatable bonds is 9. The van der Waals surface area contributed by atoms with Gasteiger partial charge in [0.25, 0.3) is 0 Å². The highest BCUT2D eigenvalue weighted by Gasteiger charge is 2.31. The number of carbonyl (C=O) groups excluding carboxylic acids is 2. The lowest BCUT2D eigenvalue weighted by Crippen LogP contribution is -2.47. The predicted octanol–water partition coefficient (Wildman–Crippen LogP) is 3.72. The highest BCUT2D eigenvalue weighted by atomic mass is 19.1. The van der Waals surface area contributed by atoms with Crippen molar-refractivity contribution in [3.63, 3.8) is 0 Å². The molecule has 0 unspecified atom stereocenters. The lowest BCUT2D eigenvalue weighted by molar-refractivity contribution is -0.133. The van der Waals surface area contributed by atoms with Crippen molar-refractivity contribution in [3.05, 3.63) is 53.4 Å². The molecule has 4 heterocycles. The van der Waals surface area contributed by atoms with E-state index < -0.39 is 17.2 Å². The van der Waals surface area contributed by atoms with E-state index in [2.05, 4.69) is 20.4 Å². The molecule has 0 radical (unpaired) electrons. The largest absolute Gasteiger partial charge is 0.462 e. The Hall–Kier alpha value is -3.60. The minimum Gasteiger partial charge on any atom is -0.462 e. The van der Waals surface area contributed by atoms with Crippen LogP contribution in [0.2, 0.25) is 0 Å². The molecule has 4 rings (SSSR count). The lowest BCUT2D eigenvalue weighted by atomic mass is 9.96. The summed E-state index contributed by atoms with van der Waals surface area (Å²) in [5.74, 6) is -0.250. The predicted molar refractivity (Wildman–Crippen MR) is 141 cm³/mol. The zero-order valence-corrected chi connectivity index (χ0v) is 22.7. The van der Waals surface area contributed by atoms with E-state index in [1.54, 1.807) is 23.7 Å². The maximum atomic E-state index is 14.5. The summed E-state index contributed by atoms with van der Waals surface area (Å²) in [6, 6.07) is 3.27. The van der Waals surface area contributed by atoms with Gasteiger partial charge >= 0.3 is 5.97 Å². The van der Waals surface area contributed by atoms with Crippen LogP contribution in [0.4, 0.5) is 10.2 Å². The zero-order chi connectivity index (χ0) is 27.4. The van der Waals surface area contributed by atoms with Gasteiger partial charge in [0.1, 0.15) is 17.2 Å². The van der Waals surface area contributed by atoms with Gasteiger partial charge in [-0.15, -0.1) is 0 Å². The molecule has 0 saturated carbocycles. The van der Waals surface area contributed by atoms with Gasteiger partial charge in [0.05, 0.1) is 25.0 Å². The van der Waals surface area contributed by atoms with Crippen LogP contribution < -0.4 is 10.3 Å². The number of likely N-dealkylation sites (N-methyl/N-ethyl adjacent to an activating group) is 1. The molecule has 0 bridgehead atoms. The fraction of sp³-hybridized carbons (Fsp3) is 0.519. The molecular formula is C27H36FN7O3. The summed E-state index contributed by atoms with van der Waals surface area (Å²) in [5.41, 5.74) is 4.77. The SMILES string of the molecule is CCOC(=O)c1cnn2ccc(N3CCC[C@H]3c3cc(F)cnc3CCN(CC)NC(=O)C(C)(C)C)nc12. The Morgan fingerprint density at radius 2 is 2.05 bits per heavy atom. The number of amides is 1. The Kier molecular flexibility index (Phi) is 8.25. The number of hydrogen-bond donors (Lipinski definition) is 1. The second-order valence-corrected chi connectivity index (χ2v) is 10.4. The number of ether oxygens (including phenoxy) is 1. The van der Waals surface area contributed by atoms with Crippen LogP contribution in [0.25, 0.3) is 5.65 Å². The van der Waals surface area contributed by atoms with Crippen LogP contribution in [0.3, 0.4) is 0 Å². The first-order chi connectivity index (χ1) is 18.1. The van der Waals surface area contributed by atoms with E-state index in [-0.39, 0.29) is 18.6 Å². The van der Waals surface area contributed by atoms with Crippen LogP contribution >= 0.6 is 0 Å². The number of anilines is 1. The Morgan fingerprint density at radius 3 is 2.76 bits per heavy atom. The maximum Gasteiger partial charge on any atom is 0.343 e. The monoisotopic (exact) mass is 525 g/mol. The fourth-order valence-corrected chi connectivity index (χ4v) is 4.56. The first-order valence-corrected chi connectivity index (χ1v) is 13.1. The number of halogens is 1. The van der Waals surface area contributed by atoms with Crippen molar-refractivity contribution in [3.8, 4) is 0 Å². The quantitative estimate of drug-likeness (QED) is 0.333. The van der Waals surface area contributed by atoms with Crippen molar-refractivity contribution >= 4 is 23.3 Å². The van der Waals surface area contributed by atoms with E-state index in [9.17, 15) is 14.0 Å². The molecule has 204 valence electrons. The number of esters is 1. The van der Waals surface area contributed by atoms with Gasteiger partial charge in [0, 0.05) is 43.4 Å². The van der Waals surface area contributed by atoms with Crippen molar-refractivity contribution < 1.29 is 18.7 Å². The van der Waals surface area contributed by atoms with E-state index in [1.165, 1.54) is 12.4 Å². The molecule has 1 atom stereocenters. The van der Waals surface area contributed by atoms with Crippen molar-refractivity contribution in [2.24, 2.45) is 5.41 Å². The van der Waals surface area contributed by atoms with Gasteiger partial charge in [-0.3, -0.25) is 15.2 Å². The van der Waals surface area contributed by atoms with Crippen molar-refractivity contribution in [1.82, 2.24) is 30.0 Å². The first-order valence-electron chi connectivity index (χ1n) is 13.1. The van der Waals surface area contributed by atoms with Crippen LogP contribution in [0.5, 0.6) is 0 Å². The number of nitrogens with zero attached hydrogens (tertiary/aromatic N) is 6. The minimum absolute atomic E-state index is 0.0582. The number of hydrogen-bond acceptors (Lipinski definition) is 8. The normalized spacial score (nSPS) is 15.9. The Morgan fingerprint density at radius 1 is 1.26 bits per heavy atom. The summed E-state index contributed by atoms with van der Waals surface area (Å²) in [7, 11) is 0. The average molecular weight is 526 g/mol. The molecule has 11 heteroatoms. The number of aromatic nitrogens is 4. The molecule has 0 aromatic carbocycles. The summed E-state index contributed by atoms with van der Waals surface area (Å²) in [5, 5.41) is 6.08. The van der Waals surface area contributed by atoms with Crippen molar-refractivity contribution in [1.29, 1.82) is 0 Å². The number of pyridine rings is 1. The third kappa shape index (κ3) is 5.93. The second kappa shape index (κ2) is 11.4. The van der Waals surface area contributed by atoms with Gasteiger partial charge in [-0.1, -0.05) is 27.7 Å². The summed E-state index contributed by atoms with van der Waals surface area (Å²) < 4.78 is 21.1. The molecule has 3 aromatic heterocycles. The van der Waals surface area contributed by atoms with Gasteiger partial charge in [0.2, 0.25) is 5.91 Å². The van der Waals surface area contributed by atoms with Crippen molar-refractivity contribution in [2.75, 3.05) is 31.1 Å². The molecule has 38 heavy (non-hydrogen) atoms. The topological polar surface area (TPSA) is 105 Å². The Labute approximate surface area is 222 Å². The van der Waals surface area contributed by atoms with E-state index >= 15 is 0 Å². The van der Waals surface area contributed by atoms with Gasteiger partial charge in [-0.25, -0.2) is 23.7 Å².